The number of ether oxygens (including phenoxy) is 1. The predicted octanol–water partition coefficient (Wildman–Crippen LogP) is 3.95. The topological polar surface area (TPSA) is 89.0 Å². The van der Waals surface area contributed by atoms with Crippen molar-refractivity contribution in [3.05, 3.63) is 57.8 Å². The van der Waals surface area contributed by atoms with Crippen LogP contribution in [0.5, 0.6) is 11.6 Å². The third kappa shape index (κ3) is 3.38. The number of benzene rings is 1. The van der Waals surface area contributed by atoms with Crippen molar-refractivity contribution in [1.29, 1.82) is 5.26 Å². The highest BCUT2D eigenvalue weighted by Gasteiger charge is 2.17. The normalized spacial score (nSPS) is 10.8. The molecule has 1 aromatic heterocycles. The molecule has 0 radical (unpaired) electrons. The maximum Gasteiger partial charge on any atom is 0.305 e. The highest BCUT2D eigenvalue weighted by molar-refractivity contribution is 5.46. The molecule has 6 heteroatoms. The Morgan fingerprint density at radius 1 is 1.27 bits per heavy atom. The number of nitriles is 1. The Balaban J connectivity index is 2.32. The van der Waals surface area contributed by atoms with Crippen LogP contribution >= 0.6 is 0 Å². The van der Waals surface area contributed by atoms with Crippen molar-refractivity contribution in [3.63, 3.8) is 0 Å². The number of hydrogen-bond donors (Lipinski definition) is 0. The maximum absolute atomic E-state index is 10.8. The van der Waals surface area contributed by atoms with Crippen LogP contribution < -0.4 is 4.74 Å². The molecule has 0 aliphatic rings. The molecule has 0 saturated heterocycles. The second kappa shape index (κ2) is 5.82. The van der Waals surface area contributed by atoms with Crippen LogP contribution in [0.4, 0.5) is 5.69 Å². The molecule has 22 heavy (non-hydrogen) atoms. The first-order valence-electron chi connectivity index (χ1n) is 6.65. The van der Waals surface area contributed by atoms with Crippen LogP contribution in [0.25, 0.3) is 0 Å². The molecule has 2 aromatic rings. The summed E-state index contributed by atoms with van der Waals surface area (Å²) in [6.45, 7) is 6.26. The van der Waals surface area contributed by atoms with Gasteiger partial charge in [0.1, 0.15) is 11.8 Å². The van der Waals surface area contributed by atoms with Crippen LogP contribution in [0.2, 0.25) is 0 Å². The molecule has 0 bridgehead atoms. The smallest absolute Gasteiger partial charge is 0.305 e. The third-order valence-electron chi connectivity index (χ3n) is 3.07. The Bertz CT molecular complexity index is 758. The van der Waals surface area contributed by atoms with Gasteiger partial charge in [0, 0.05) is 12.1 Å². The molecule has 0 saturated carbocycles. The highest BCUT2D eigenvalue weighted by Crippen LogP contribution is 2.28. The zero-order valence-electron chi connectivity index (χ0n) is 12.5. The molecular weight excluding hydrogens is 282 g/mol. The number of pyridine rings is 1. The number of aromatic nitrogens is 1. The number of rotatable bonds is 3. The highest BCUT2D eigenvalue weighted by atomic mass is 16.6. The second-order valence-corrected chi connectivity index (χ2v) is 5.77. The Kier molecular flexibility index (Phi) is 4.08. The SMILES string of the molecule is CC(C)(C)c1cccc(Oc2ccc([N+](=O)[O-])c(C#N)n2)c1. The van der Waals surface area contributed by atoms with Gasteiger partial charge in [-0.15, -0.1) is 0 Å². The molecule has 0 amide bonds. The van der Waals surface area contributed by atoms with Crippen molar-refractivity contribution in [3.8, 4) is 17.7 Å². The third-order valence-corrected chi connectivity index (χ3v) is 3.07. The number of nitrogens with zero attached hydrogens (tertiary/aromatic N) is 3. The van der Waals surface area contributed by atoms with E-state index in [1.807, 2.05) is 18.2 Å². The summed E-state index contributed by atoms with van der Waals surface area (Å²) in [7, 11) is 0. The van der Waals surface area contributed by atoms with Crippen molar-refractivity contribution < 1.29 is 9.66 Å². The van der Waals surface area contributed by atoms with Crippen molar-refractivity contribution >= 4 is 5.69 Å². The van der Waals surface area contributed by atoms with E-state index in [1.165, 1.54) is 12.1 Å². The van der Waals surface area contributed by atoms with E-state index in [-0.39, 0.29) is 22.7 Å². The average Bonchev–Trinajstić information content (AvgIpc) is 2.46. The first-order valence-corrected chi connectivity index (χ1v) is 6.65. The Labute approximate surface area is 128 Å². The summed E-state index contributed by atoms with van der Waals surface area (Å²) in [6.07, 6.45) is 0. The summed E-state index contributed by atoms with van der Waals surface area (Å²) in [5.74, 6) is 0.714. The van der Waals surface area contributed by atoms with Gasteiger partial charge in [0.05, 0.1) is 4.92 Å². The summed E-state index contributed by atoms with van der Waals surface area (Å²) in [4.78, 5) is 14.0. The Hall–Kier alpha value is -2.94. The maximum atomic E-state index is 10.8. The van der Waals surface area contributed by atoms with E-state index >= 15 is 0 Å². The van der Waals surface area contributed by atoms with Crippen molar-refractivity contribution in [1.82, 2.24) is 4.98 Å². The van der Waals surface area contributed by atoms with Crippen LogP contribution in [0.3, 0.4) is 0 Å². The lowest BCUT2D eigenvalue weighted by molar-refractivity contribution is -0.385. The number of hydrogen-bond acceptors (Lipinski definition) is 5. The van der Waals surface area contributed by atoms with Crippen LogP contribution in [-0.4, -0.2) is 9.91 Å². The van der Waals surface area contributed by atoms with E-state index < -0.39 is 4.92 Å². The van der Waals surface area contributed by atoms with Crippen LogP contribution in [0.1, 0.15) is 32.0 Å². The quantitative estimate of drug-likeness (QED) is 0.632. The molecule has 1 heterocycles. The molecule has 0 N–H and O–H groups in total. The molecule has 0 fully saturated rings. The van der Waals surface area contributed by atoms with Crippen molar-refractivity contribution in [2.75, 3.05) is 0 Å². The van der Waals surface area contributed by atoms with Gasteiger partial charge in [-0.2, -0.15) is 10.2 Å². The first-order chi connectivity index (χ1) is 10.3. The lowest BCUT2D eigenvalue weighted by Gasteiger charge is -2.19. The first kappa shape index (κ1) is 15.4. The second-order valence-electron chi connectivity index (χ2n) is 5.77. The van der Waals surface area contributed by atoms with E-state index in [0.29, 0.717) is 5.75 Å². The zero-order chi connectivity index (χ0) is 16.3. The van der Waals surface area contributed by atoms with Gasteiger partial charge in [-0.05, 0) is 23.1 Å². The average molecular weight is 297 g/mol. The number of nitro groups is 1. The molecule has 0 aliphatic carbocycles. The molecule has 6 nitrogen and oxygen atoms in total. The van der Waals surface area contributed by atoms with Gasteiger partial charge >= 0.3 is 5.69 Å². The summed E-state index contributed by atoms with van der Waals surface area (Å²) in [5, 5.41) is 19.7. The van der Waals surface area contributed by atoms with Crippen LogP contribution in [0, 0.1) is 21.4 Å². The molecule has 2 rings (SSSR count). The van der Waals surface area contributed by atoms with Gasteiger partial charge in [0.25, 0.3) is 0 Å². The van der Waals surface area contributed by atoms with Gasteiger partial charge in [-0.25, -0.2) is 0 Å². The van der Waals surface area contributed by atoms with E-state index in [0.717, 1.165) is 5.56 Å². The lowest BCUT2D eigenvalue weighted by Crippen LogP contribution is -2.10. The summed E-state index contributed by atoms with van der Waals surface area (Å²) < 4.78 is 5.61. The van der Waals surface area contributed by atoms with E-state index in [9.17, 15) is 10.1 Å². The minimum Gasteiger partial charge on any atom is -0.439 e. The van der Waals surface area contributed by atoms with Gasteiger partial charge in [-0.3, -0.25) is 10.1 Å². The molecular formula is C16H15N3O3. The van der Waals surface area contributed by atoms with Crippen molar-refractivity contribution in [2.24, 2.45) is 0 Å². The lowest BCUT2D eigenvalue weighted by atomic mass is 9.87. The van der Waals surface area contributed by atoms with Gasteiger partial charge in [0.2, 0.25) is 11.6 Å². The van der Waals surface area contributed by atoms with Crippen molar-refractivity contribution in [2.45, 2.75) is 26.2 Å². The van der Waals surface area contributed by atoms with Gasteiger partial charge in [-0.1, -0.05) is 32.9 Å². The molecule has 0 unspecified atom stereocenters. The Morgan fingerprint density at radius 3 is 2.59 bits per heavy atom. The molecule has 112 valence electrons. The molecule has 0 spiro atoms. The summed E-state index contributed by atoms with van der Waals surface area (Å²) in [5.41, 5.74) is 0.459. The fourth-order valence-electron chi connectivity index (χ4n) is 1.87. The molecule has 0 aliphatic heterocycles. The molecule has 0 atom stereocenters. The standard InChI is InChI=1S/C16H15N3O3/c1-16(2,3)11-5-4-6-12(9-11)22-15-8-7-14(19(20)21)13(10-17)18-15/h4-9H,1-3H3. The summed E-state index contributed by atoms with van der Waals surface area (Å²) >= 11 is 0. The molecule has 1 aromatic carbocycles. The van der Waals surface area contributed by atoms with E-state index in [1.54, 1.807) is 12.1 Å². The van der Waals surface area contributed by atoms with E-state index in [2.05, 4.69) is 25.8 Å². The monoisotopic (exact) mass is 297 g/mol. The summed E-state index contributed by atoms with van der Waals surface area (Å²) in [6, 6.07) is 11.8. The Morgan fingerprint density at radius 2 is 2.00 bits per heavy atom. The zero-order valence-corrected chi connectivity index (χ0v) is 12.5. The minimum atomic E-state index is -0.643. The largest absolute Gasteiger partial charge is 0.439 e. The van der Waals surface area contributed by atoms with E-state index in [4.69, 9.17) is 10.00 Å². The predicted molar refractivity (Wildman–Crippen MR) is 80.8 cm³/mol. The fourth-order valence-corrected chi connectivity index (χ4v) is 1.87. The minimum absolute atomic E-state index is 0.0277. The van der Waals surface area contributed by atoms with Gasteiger partial charge in [0.15, 0.2) is 0 Å². The van der Waals surface area contributed by atoms with Crippen LogP contribution in [0.15, 0.2) is 36.4 Å². The van der Waals surface area contributed by atoms with Gasteiger partial charge < -0.3 is 4.74 Å². The fraction of sp³-hybridized carbons (Fsp3) is 0.250. The van der Waals surface area contributed by atoms with Crippen LogP contribution in [-0.2, 0) is 5.41 Å².